The molecule has 3 heteroatoms. The van der Waals surface area contributed by atoms with Crippen molar-refractivity contribution in [2.75, 3.05) is 13.2 Å². The van der Waals surface area contributed by atoms with Gasteiger partial charge in [0.25, 0.3) is 0 Å². The molecule has 1 N–H and O–H groups in total. The van der Waals surface area contributed by atoms with Gasteiger partial charge in [0.05, 0.1) is 6.61 Å². The Bertz CT molecular complexity index is 442. The normalized spacial score (nSPS) is 30.4. The smallest absolute Gasteiger partial charge is 0.129 e. The van der Waals surface area contributed by atoms with Crippen molar-refractivity contribution in [3.63, 3.8) is 0 Å². The van der Waals surface area contributed by atoms with Crippen molar-refractivity contribution < 1.29 is 9.13 Å². The Hall–Kier alpha value is -0.930. The Morgan fingerprint density at radius 1 is 1.26 bits per heavy atom. The van der Waals surface area contributed by atoms with Crippen LogP contribution < -0.4 is 5.32 Å². The van der Waals surface area contributed by atoms with Crippen molar-refractivity contribution >= 4 is 0 Å². The van der Waals surface area contributed by atoms with Crippen molar-refractivity contribution in [3.05, 3.63) is 35.6 Å². The molecule has 1 aromatic rings. The molecule has 1 aliphatic carbocycles. The Morgan fingerprint density at radius 3 is 2.74 bits per heavy atom. The topological polar surface area (TPSA) is 21.3 Å². The Balaban J connectivity index is 1.81. The molecule has 1 saturated heterocycles. The highest BCUT2D eigenvalue weighted by molar-refractivity contribution is 5.21. The fraction of sp³-hybridized carbons (Fsp3) is 0.625. The predicted molar refractivity (Wildman–Crippen MR) is 73.5 cm³/mol. The molecule has 3 rings (SSSR count). The molecule has 104 valence electrons. The second-order valence-corrected chi connectivity index (χ2v) is 6.13. The van der Waals surface area contributed by atoms with Gasteiger partial charge in [-0.25, -0.2) is 4.39 Å². The molecule has 2 nitrogen and oxygen atoms in total. The van der Waals surface area contributed by atoms with Crippen LogP contribution in [0.3, 0.4) is 0 Å². The molecule has 0 amide bonds. The van der Waals surface area contributed by atoms with E-state index in [0.29, 0.717) is 5.56 Å². The monoisotopic (exact) mass is 263 g/mol. The third kappa shape index (κ3) is 2.54. The summed E-state index contributed by atoms with van der Waals surface area (Å²) in [4.78, 5) is 0. The summed E-state index contributed by atoms with van der Waals surface area (Å²) in [6.45, 7) is 3.84. The first-order valence-corrected chi connectivity index (χ1v) is 7.30. The fourth-order valence-corrected chi connectivity index (χ4v) is 3.46. The highest BCUT2D eigenvalue weighted by Gasteiger charge is 2.39. The van der Waals surface area contributed by atoms with E-state index in [9.17, 15) is 4.39 Å². The van der Waals surface area contributed by atoms with Crippen LogP contribution in [0.25, 0.3) is 0 Å². The van der Waals surface area contributed by atoms with Gasteiger partial charge in [-0.15, -0.1) is 0 Å². The van der Waals surface area contributed by atoms with Gasteiger partial charge in [0.15, 0.2) is 0 Å². The molecule has 2 unspecified atom stereocenters. The van der Waals surface area contributed by atoms with Gasteiger partial charge in [-0.1, -0.05) is 31.0 Å². The SMILES string of the molecule is CC1NCC2(CCCC2)COC1c1ccccc1F. The number of hydrogen-bond acceptors (Lipinski definition) is 2. The average Bonchev–Trinajstić information content (AvgIpc) is 2.81. The fourth-order valence-electron chi connectivity index (χ4n) is 3.46. The van der Waals surface area contributed by atoms with Crippen molar-refractivity contribution in [1.29, 1.82) is 0 Å². The van der Waals surface area contributed by atoms with E-state index in [1.54, 1.807) is 6.07 Å². The third-order valence-electron chi connectivity index (χ3n) is 4.70. The second kappa shape index (κ2) is 5.22. The van der Waals surface area contributed by atoms with Crippen LogP contribution in [-0.4, -0.2) is 19.2 Å². The van der Waals surface area contributed by atoms with Crippen molar-refractivity contribution in [2.45, 2.75) is 44.8 Å². The molecule has 1 aromatic carbocycles. The van der Waals surface area contributed by atoms with Gasteiger partial charge in [0.1, 0.15) is 11.9 Å². The molecule has 0 aromatic heterocycles. The number of halogens is 1. The van der Waals surface area contributed by atoms with Gasteiger partial charge >= 0.3 is 0 Å². The van der Waals surface area contributed by atoms with Crippen LogP contribution in [0.4, 0.5) is 4.39 Å². The molecule has 1 spiro atoms. The lowest BCUT2D eigenvalue weighted by molar-refractivity contribution is 0.00240. The van der Waals surface area contributed by atoms with Crippen LogP contribution in [0.5, 0.6) is 0 Å². The average molecular weight is 263 g/mol. The summed E-state index contributed by atoms with van der Waals surface area (Å²) in [5.41, 5.74) is 0.964. The molecule has 2 aliphatic rings. The largest absolute Gasteiger partial charge is 0.371 e. The van der Waals surface area contributed by atoms with Crippen molar-refractivity contribution in [3.8, 4) is 0 Å². The molecule has 0 bridgehead atoms. The van der Waals surface area contributed by atoms with E-state index in [0.717, 1.165) is 13.2 Å². The highest BCUT2D eigenvalue weighted by Crippen LogP contribution is 2.41. The third-order valence-corrected chi connectivity index (χ3v) is 4.70. The quantitative estimate of drug-likeness (QED) is 0.838. The van der Waals surface area contributed by atoms with E-state index in [2.05, 4.69) is 12.2 Å². The van der Waals surface area contributed by atoms with Gasteiger partial charge in [-0.05, 0) is 25.8 Å². The van der Waals surface area contributed by atoms with Gasteiger partial charge in [0, 0.05) is 23.6 Å². The van der Waals surface area contributed by atoms with E-state index in [1.807, 2.05) is 12.1 Å². The minimum atomic E-state index is -0.179. The number of ether oxygens (including phenoxy) is 1. The first-order valence-electron chi connectivity index (χ1n) is 7.30. The van der Waals surface area contributed by atoms with Crippen LogP contribution in [0.15, 0.2) is 24.3 Å². The molecule has 0 radical (unpaired) electrons. The zero-order valence-corrected chi connectivity index (χ0v) is 11.5. The van der Waals surface area contributed by atoms with Gasteiger partial charge in [-0.2, -0.15) is 0 Å². The Morgan fingerprint density at radius 2 is 2.00 bits per heavy atom. The highest BCUT2D eigenvalue weighted by atomic mass is 19.1. The van der Waals surface area contributed by atoms with Crippen LogP contribution in [0.1, 0.15) is 44.3 Å². The molecule has 1 saturated carbocycles. The summed E-state index contributed by atoms with van der Waals surface area (Å²) in [5.74, 6) is -0.163. The number of nitrogens with one attached hydrogen (secondary N) is 1. The molecular weight excluding hydrogens is 241 g/mol. The Labute approximate surface area is 114 Å². The van der Waals surface area contributed by atoms with Gasteiger partial charge in [0.2, 0.25) is 0 Å². The maximum atomic E-state index is 13.9. The summed E-state index contributed by atoms with van der Waals surface area (Å²) < 4.78 is 20.1. The zero-order valence-electron chi connectivity index (χ0n) is 11.5. The van der Waals surface area contributed by atoms with E-state index in [4.69, 9.17) is 4.74 Å². The molecule has 2 atom stereocenters. The molecular formula is C16H22FNO. The second-order valence-electron chi connectivity index (χ2n) is 6.13. The van der Waals surface area contributed by atoms with E-state index in [1.165, 1.54) is 31.7 Å². The van der Waals surface area contributed by atoms with Gasteiger partial charge < -0.3 is 10.1 Å². The van der Waals surface area contributed by atoms with E-state index >= 15 is 0 Å². The molecule has 2 fully saturated rings. The number of hydrogen-bond donors (Lipinski definition) is 1. The van der Waals surface area contributed by atoms with Crippen LogP contribution in [0, 0.1) is 11.2 Å². The Kier molecular flexibility index (Phi) is 3.59. The lowest BCUT2D eigenvalue weighted by atomic mass is 9.87. The zero-order chi connectivity index (χ0) is 13.3. The summed E-state index contributed by atoms with van der Waals surface area (Å²) in [6, 6.07) is 7.11. The minimum Gasteiger partial charge on any atom is -0.371 e. The lowest BCUT2D eigenvalue weighted by Gasteiger charge is -2.26. The van der Waals surface area contributed by atoms with Crippen LogP contribution in [0.2, 0.25) is 0 Å². The predicted octanol–water partition coefficient (Wildman–Crippen LogP) is 3.44. The number of rotatable bonds is 1. The summed E-state index contributed by atoms with van der Waals surface area (Å²) in [7, 11) is 0. The van der Waals surface area contributed by atoms with Gasteiger partial charge in [-0.3, -0.25) is 0 Å². The van der Waals surface area contributed by atoms with Crippen molar-refractivity contribution in [2.24, 2.45) is 5.41 Å². The number of benzene rings is 1. The standard InChI is InChI=1S/C16H22FNO/c1-12-15(13-6-2-3-7-14(13)17)19-11-16(10-18-12)8-4-5-9-16/h2-3,6-7,12,15,18H,4-5,8-11H2,1H3. The molecule has 1 aliphatic heterocycles. The summed E-state index contributed by atoms with van der Waals surface area (Å²) >= 11 is 0. The van der Waals surface area contributed by atoms with Crippen LogP contribution >= 0.6 is 0 Å². The lowest BCUT2D eigenvalue weighted by Crippen LogP contribution is -2.37. The first kappa shape index (κ1) is 13.1. The molecule has 1 heterocycles. The minimum absolute atomic E-state index is 0.150. The van der Waals surface area contributed by atoms with Crippen LogP contribution in [-0.2, 0) is 4.74 Å². The summed E-state index contributed by atoms with van der Waals surface area (Å²) in [5, 5.41) is 3.56. The van der Waals surface area contributed by atoms with E-state index < -0.39 is 0 Å². The first-order chi connectivity index (χ1) is 9.20. The molecule has 19 heavy (non-hydrogen) atoms. The van der Waals surface area contributed by atoms with Crippen molar-refractivity contribution in [1.82, 2.24) is 5.32 Å². The maximum Gasteiger partial charge on any atom is 0.129 e. The van der Waals surface area contributed by atoms with E-state index in [-0.39, 0.29) is 23.4 Å². The maximum absolute atomic E-state index is 13.9. The summed E-state index contributed by atoms with van der Waals surface area (Å²) in [6.07, 6.45) is 4.88.